The predicted molar refractivity (Wildman–Crippen MR) is 89.2 cm³/mol. The molecule has 1 saturated heterocycles. The Labute approximate surface area is 138 Å². The first kappa shape index (κ1) is 15.3. The van der Waals surface area contributed by atoms with Crippen LogP contribution in [0.5, 0.6) is 0 Å². The molecule has 0 bridgehead atoms. The van der Waals surface area contributed by atoms with E-state index in [9.17, 15) is 9.90 Å². The van der Waals surface area contributed by atoms with Crippen molar-refractivity contribution in [3.8, 4) is 0 Å². The quantitative estimate of drug-likeness (QED) is 0.888. The van der Waals surface area contributed by atoms with Crippen molar-refractivity contribution in [2.75, 3.05) is 32.8 Å². The minimum Gasteiger partial charge on any atom is -0.390 e. The van der Waals surface area contributed by atoms with Crippen LogP contribution >= 0.6 is 11.3 Å². The minimum absolute atomic E-state index is 0.00423. The van der Waals surface area contributed by atoms with Gasteiger partial charge in [0.2, 0.25) is 0 Å². The molecule has 3 heterocycles. The first-order valence-electron chi connectivity index (χ1n) is 8.20. The third-order valence-electron chi connectivity index (χ3n) is 4.67. The Morgan fingerprint density at radius 2 is 2.13 bits per heavy atom. The molecule has 2 aromatic heterocycles. The van der Waals surface area contributed by atoms with Gasteiger partial charge in [-0.05, 0) is 24.8 Å². The van der Waals surface area contributed by atoms with E-state index in [1.807, 2.05) is 0 Å². The van der Waals surface area contributed by atoms with Crippen molar-refractivity contribution in [1.29, 1.82) is 0 Å². The van der Waals surface area contributed by atoms with Gasteiger partial charge < -0.3 is 9.84 Å². The Kier molecular flexibility index (Phi) is 4.19. The monoisotopic (exact) mass is 335 g/mol. The number of rotatable bonds is 4. The highest BCUT2D eigenvalue weighted by Gasteiger charge is 2.22. The molecule has 0 amide bonds. The standard InChI is InChI=1S/C16H21N3O3S/c20-11(8-18-4-6-22-7-5-18)9-19-10-17-15-14(16(19)21)12-2-1-3-13(12)23-15/h10-11,20H,1-9H2/t11-/m0/s1. The van der Waals surface area contributed by atoms with E-state index in [1.54, 1.807) is 22.2 Å². The van der Waals surface area contributed by atoms with Gasteiger partial charge in [-0.15, -0.1) is 11.3 Å². The highest BCUT2D eigenvalue weighted by atomic mass is 32.1. The Bertz CT molecular complexity index is 764. The van der Waals surface area contributed by atoms with Crippen molar-refractivity contribution in [2.24, 2.45) is 0 Å². The summed E-state index contributed by atoms with van der Waals surface area (Å²) in [7, 11) is 0. The lowest BCUT2D eigenvalue weighted by Crippen LogP contribution is -2.42. The number of morpholine rings is 1. The maximum atomic E-state index is 12.8. The summed E-state index contributed by atoms with van der Waals surface area (Å²) < 4.78 is 6.88. The molecule has 2 aromatic rings. The maximum absolute atomic E-state index is 12.8. The molecule has 2 aliphatic rings. The molecule has 23 heavy (non-hydrogen) atoms. The summed E-state index contributed by atoms with van der Waals surface area (Å²) in [6.45, 7) is 3.95. The van der Waals surface area contributed by atoms with E-state index < -0.39 is 6.10 Å². The summed E-state index contributed by atoms with van der Waals surface area (Å²) in [6.07, 6.45) is 4.18. The molecule has 0 radical (unpaired) electrons. The number of fused-ring (bicyclic) bond motifs is 3. The van der Waals surface area contributed by atoms with Gasteiger partial charge in [-0.1, -0.05) is 0 Å². The Balaban J connectivity index is 1.54. The van der Waals surface area contributed by atoms with Gasteiger partial charge in [0, 0.05) is 24.5 Å². The number of nitrogens with zero attached hydrogens (tertiary/aromatic N) is 3. The van der Waals surface area contributed by atoms with E-state index in [1.165, 1.54) is 10.4 Å². The fraction of sp³-hybridized carbons (Fsp3) is 0.625. The lowest BCUT2D eigenvalue weighted by molar-refractivity contribution is 0.0113. The Morgan fingerprint density at radius 1 is 1.30 bits per heavy atom. The van der Waals surface area contributed by atoms with Gasteiger partial charge in [-0.2, -0.15) is 0 Å². The number of aliphatic hydroxyl groups is 1. The molecule has 0 spiro atoms. The van der Waals surface area contributed by atoms with Gasteiger partial charge in [0.15, 0.2) is 0 Å². The van der Waals surface area contributed by atoms with Crippen molar-refractivity contribution in [1.82, 2.24) is 14.5 Å². The number of β-amino-alcohol motifs (C(OH)–C–C–N with tert-alkyl or cyclic N) is 1. The van der Waals surface area contributed by atoms with Crippen molar-refractivity contribution in [2.45, 2.75) is 31.9 Å². The molecule has 6 nitrogen and oxygen atoms in total. The predicted octanol–water partition coefficient (Wildman–Crippen LogP) is 0.640. The van der Waals surface area contributed by atoms with Crippen LogP contribution in [0.4, 0.5) is 0 Å². The van der Waals surface area contributed by atoms with Crippen LogP contribution in [0.25, 0.3) is 10.2 Å². The molecule has 124 valence electrons. The van der Waals surface area contributed by atoms with Crippen LogP contribution in [0.15, 0.2) is 11.1 Å². The third kappa shape index (κ3) is 2.94. The van der Waals surface area contributed by atoms with Crippen LogP contribution in [0.2, 0.25) is 0 Å². The number of ether oxygens (including phenoxy) is 1. The summed E-state index contributed by atoms with van der Waals surface area (Å²) in [5.74, 6) is 0. The minimum atomic E-state index is -0.572. The largest absolute Gasteiger partial charge is 0.390 e. The average Bonchev–Trinajstić information content (AvgIpc) is 3.11. The summed E-state index contributed by atoms with van der Waals surface area (Å²) in [5.41, 5.74) is 1.19. The Hall–Kier alpha value is -1.28. The van der Waals surface area contributed by atoms with Crippen molar-refractivity contribution in [3.63, 3.8) is 0 Å². The molecule has 7 heteroatoms. The molecule has 1 aliphatic carbocycles. The second-order valence-electron chi connectivity index (χ2n) is 6.31. The number of aliphatic hydroxyl groups excluding tert-OH is 1. The number of aromatic nitrogens is 2. The SMILES string of the molecule is O=c1c2c3c(sc2ncn1C[C@@H](O)CN1CCOCC1)CCC3. The van der Waals surface area contributed by atoms with Crippen LogP contribution in [-0.4, -0.2) is 58.5 Å². The summed E-state index contributed by atoms with van der Waals surface area (Å²) >= 11 is 1.65. The van der Waals surface area contributed by atoms with E-state index >= 15 is 0 Å². The molecule has 4 rings (SSSR count). The van der Waals surface area contributed by atoms with E-state index in [-0.39, 0.29) is 5.56 Å². The average molecular weight is 335 g/mol. The number of hydrogen-bond acceptors (Lipinski definition) is 6. The number of hydrogen-bond donors (Lipinski definition) is 1. The normalized spacial score (nSPS) is 20.0. The first-order valence-corrected chi connectivity index (χ1v) is 9.02. The van der Waals surface area contributed by atoms with Crippen molar-refractivity contribution >= 4 is 21.6 Å². The van der Waals surface area contributed by atoms with Gasteiger partial charge in [-0.3, -0.25) is 14.3 Å². The number of thiophene rings is 1. The lowest BCUT2D eigenvalue weighted by atomic mass is 10.2. The van der Waals surface area contributed by atoms with Crippen LogP contribution in [-0.2, 0) is 24.1 Å². The van der Waals surface area contributed by atoms with Gasteiger partial charge in [-0.25, -0.2) is 4.98 Å². The topological polar surface area (TPSA) is 67.6 Å². The molecule has 0 saturated carbocycles. The van der Waals surface area contributed by atoms with Crippen LogP contribution < -0.4 is 5.56 Å². The zero-order valence-corrected chi connectivity index (χ0v) is 13.8. The summed E-state index contributed by atoms with van der Waals surface area (Å²) in [6, 6.07) is 0. The molecule has 0 unspecified atom stereocenters. The second kappa shape index (κ2) is 6.32. The summed E-state index contributed by atoms with van der Waals surface area (Å²) in [4.78, 5) is 21.5. The third-order valence-corrected chi connectivity index (χ3v) is 5.87. The molecule has 1 atom stereocenters. The maximum Gasteiger partial charge on any atom is 0.262 e. The lowest BCUT2D eigenvalue weighted by Gasteiger charge is -2.28. The molecule has 1 fully saturated rings. The molecule has 1 N–H and O–H groups in total. The Morgan fingerprint density at radius 3 is 2.96 bits per heavy atom. The van der Waals surface area contributed by atoms with Crippen LogP contribution in [0.3, 0.4) is 0 Å². The second-order valence-corrected chi connectivity index (χ2v) is 7.39. The van der Waals surface area contributed by atoms with E-state index in [2.05, 4.69) is 9.88 Å². The van der Waals surface area contributed by atoms with Crippen molar-refractivity contribution < 1.29 is 9.84 Å². The first-order chi connectivity index (χ1) is 11.2. The summed E-state index contributed by atoms with van der Waals surface area (Å²) in [5, 5.41) is 11.1. The van der Waals surface area contributed by atoms with E-state index in [0.717, 1.165) is 42.6 Å². The fourth-order valence-electron chi connectivity index (χ4n) is 3.52. The highest BCUT2D eigenvalue weighted by molar-refractivity contribution is 7.18. The fourth-order valence-corrected chi connectivity index (χ4v) is 4.74. The molecule has 1 aliphatic heterocycles. The molecular weight excluding hydrogens is 314 g/mol. The highest BCUT2D eigenvalue weighted by Crippen LogP contribution is 2.34. The van der Waals surface area contributed by atoms with Crippen molar-refractivity contribution in [3.05, 3.63) is 27.1 Å². The van der Waals surface area contributed by atoms with E-state index in [4.69, 9.17) is 4.74 Å². The molecular formula is C16H21N3O3S. The van der Waals surface area contributed by atoms with Gasteiger partial charge in [0.1, 0.15) is 4.83 Å². The van der Waals surface area contributed by atoms with Gasteiger partial charge in [0.05, 0.1) is 37.6 Å². The number of aryl methyl sites for hydroxylation is 2. The van der Waals surface area contributed by atoms with E-state index in [0.29, 0.717) is 26.3 Å². The van der Waals surface area contributed by atoms with Gasteiger partial charge >= 0.3 is 0 Å². The molecule has 0 aromatic carbocycles. The zero-order valence-electron chi connectivity index (χ0n) is 13.0. The van der Waals surface area contributed by atoms with Crippen LogP contribution in [0.1, 0.15) is 16.9 Å². The van der Waals surface area contributed by atoms with Gasteiger partial charge in [0.25, 0.3) is 5.56 Å². The van der Waals surface area contributed by atoms with Crippen LogP contribution in [0, 0.1) is 0 Å². The zero-order chi connectivity index (χ0) is 15.8. The smallest absolute Gasteiger partial charge is 0.262 e.